The minimum Gasteiger partial charge on any atom is -0.354 e. The highest BCUT2D eigenvalue weighted by Crippen LogP contribution is 2.14. The molecule has 0 radical (unpaired) electrons. The third-order valence-electron chi connectivity index (χ3n) is 8.20. The maximum Gasteiger partial charge on any atom is 0.242 e. The zero-order chi connectivity index (χ0) is 29.5. The summed E-state index contributed by atoms with van der Waals surface area (Å²) >= 11 is 0. The first kappa shape index (κ1) is 38.9. The van der Waals surface area contributed by atoms with Crippen LogP contribution in [-0.4, -0.2) is 24.4 Å². The fourth-order valence-electron chi connectivity index (χ4n) is 5.57. The molecule has 0 spiro atoms. The molecule has 0 aromatic rings. The Labute approximate surface area is 251 Å². The van der Waals surface area contributed by atoms with E-state index >= 15 is 0 Å². The number of carbonyl (C=O) groups is 2. The summed E-state index contributed by atoms with van der Waals surface area (Å²) in [5, 5.41) is 6.12. The van der Waals surface area contributed by atoms with Crippen LogP contribution in [0.1, 0.15) is 201 Å². The van der Waals surface area contributed by atoms with Crippen molar-refractivity contribution in [2.24, 2.45) is 5.92 Å². The molecule has 0 aliphatic carbocycles. The highest BCUT2D eigenvalue weighted by molar-refractivity contribution is 5.87. The molecule has 0 fully saturated rings. The van der Waals surface area contributed by atoms with Crippen LogP contribution in [0.3, 0.4) is 0 Å². The fourth-order valence-corrected chi connectivity index (χ4v) is 5.57. The van der Waals surface area contributed by atoms with Crippen molar-refractivity contribution in [1.29, 1.82) is 0 Å². The highest BCUT2D eigenvalue weighted by atomic mass is 16.2. The van der Waals surface area contributed by atoms with Crippen molar-refractivity contribution < 1.29 is 9.59 Å². The van der Waals surface area contributed by atoms with E-state index in [0.29, 0.717) is 18.8 Å². The van der Waals surface area contributed by atoms with Gasteiger partial charge in [-0.15, -0.1) is 0 Å². The number of unbranched alkanes of at least 4 members (excludes halogenated alkanes) is 23. The average molecular weight is 565 g/mol. The standard InChI is InChI=1S/C36H72N2O2/c1-5-7-9-11-13-15-17-18-19-20-21-22-24-26-28-30-35(39)38-34(32-33(3)4)36(40)37-31-29-27-25-23-16-14-12-10-8-6-2/h33-34H,5-32H2,1-4H3,(H,37,40)(H,38,39)/t34-/m0/s1. The average Bonchev–Trinajstić information content (AvgIpc) is 2.93. The maximum atomic E-state index is 12.8. The van der Waals surface area contributed by atoms with Gasteiger partial charge < -0.3 is 10.6 Å². The summed E-state index contributed by atoms with van der Waals surface area (Å²) in [5.41, 5.74) is 0. The second-order valence-electron chi connectivity index (χ2n) is 12.9. The van der Waals surface area contributed by atoms with Crippen molar-refractivity contribution >= 4 is 11.8 Å². The van der Waals surface area contributed by atoms with E-state index in [2.05, 4.69) is 38.3 Å². The van der Waals surface area contributed by atoms with Gasteiger partial charge in [-0.2, -0.15) is 0 Å². The molecule has 2 N–H and O–H groups in total. The predicted molar refractivity (Wildman–Crippen MR) is 176 cm³/mol. The van der Waals surface area contributed by atoms with E-state index < -0.39 is 6.04 Å². The molecule has 4 heteroatoms. The van der Waals surface area contributed by atoms with Gasteiger partial charge in [-0.3, -0.25) is 9.59 Å². The van der Waals surface area contributed by atoms with Gasteiger partial charge in [0.2, 0.25) is 11.8 Å². The third kappa shape index (κ3) is 28.5. The molecule has 4 nitrogen and oxygen atoms in total. The Morgan fingerprint density at radius 2 is 0.850 bits per heavy atom. The van der Waals surface area contributed by atoms with Gasteiger partial charge in [0.25, 0.3) is 0 Å². The lowest BCUT2D eigenvalue weighted by Gasteiger charge is -2.20. The molecule has 2 amide bonds. The van der Waals surface area contributed by atoms with Crippen LogP contribution >= 0.6 is 0 Å². The van der Waals surface area contributed by atoms with Gasteiger partial charge in [-0.25, -0.2) is 0 Å². The van der Waals surface area contributed by atoms with Crippen LogP contribution in [0.5, 0.6) is 0 Å². The van der Waals surface area contributed by atoms with Gasteiger partial charge in [0.05, 0.1) is 0 Å². The van der Waals surface area contributed by atoms with Gasteiger partial charge in [0, 0.05) is 13.0 Å². The first-order valence-electron chi connectivity index (χ1n) is 18.1. The summed E-state index contributed by atoms with van der Waals surface area (Å²) in [6.45, 7) is 9.49. The molecule has 0 unspecified atom stereocenters. The number of hydrogen-bond donors (Lipinski definition) is 2. The summed E-state index contributed by atoms with van der Waals surface area (Å²) < 4.78 is 0. The van der Waals surface area contributed by atoms with E-state index in [0.717, 1.165) is 25.8 Å². The summed E-state index contributed by atoms with van der Waals surface area (Å²) in [4.78, 5) is 25.3. The van der Waals surface area contributed by atoms with E-state index in [4.69, 9.17) is 0 Å². The number of nitrogens with one attached hydrogen (secondary N) is 2. The Morgan fingerprint density at radius 1 is 0.500 bits per heavy atom. The molecule has 0 aliphatic heterocycles. The van der Waals surface area contributed by atoms with Crippen molar-refractivity contribution in [3.05, 3.63) is 0 Å². The molecular weight excluding hydrogens is 492 g/mol. The van der Waals surface area contributed by atoms with Crippen LogP contribution in [0, 0.1) is 5.92 Å². The minimum atomic E-state index is -0.396. The topological polar surface area (TPSA) is 58.2 Å². The molecule has 0 heterocycles. The van der Waals surface area contributed by atoms with Gasteiger partial charge in [-0.05, 0) is 25.2 Å². The zero-order valence-electron chi connectivity index (χ0n) is 27.8. The molecule has 1 atom stereocenters. The molecule has 0 aliphatic rings. The van der Waals surface area contributed by atoms with Crippen LogP contribution < -0.4 is 10.6 Å². The quantitative estimate of drug-likeness (QED) is 0.0823. The summed E-state index contributed by atoms with van der Waals surface area (Å²) in [6, 6.07) is -0.396. The second kappa shape index (κ2) is 30.9. The lowest BCUT2D eigenvalue weighted by atomic mass is 10.0. The van der Waals surface area contributed by atoms with E-state index in [1.165, 1.54) is 141 Å². The predicted octanol–water partition coefficient (Wildman–Crippen LogP) is 10.8. The summed E-state index contributed by atoms with van der Waals surface area (Å²) in [6.07, 6.45) is 34.1. The Hall–Kier alpha value is -1.06. The fraction of sp³-hybridized carbons (Fsp3) is 0.944. The lowest BCUT2D eigenvalue weighted by Crippen LogP contribution is -2.47. The van der Waals surface area contributed by atoms with Crippen molar-refractivity contribution in [2.75, 3.05) is 6.54 Å². The van der Waals surface area contributed by atoms with Gasteiger partial charge >= 0.3 is 0 Å². The maximum absolute atomic E-state index is 12.8. The van der Waals surface area contributed by atoms with Crippen LogP contribution in [0.2, 0.25) is 0 Å². The van der Waals surface area contributed by atoms with Crippen molar-refractivity contribution in [1.82, 2.24) is 10.6 Å². The molecule has 0 rings (SSSR count). The van der Waals surface area contributed by atoms with Crippen LogP contribution in [0.25, 0.3) is 0 Å². The molecule has 0 saturated carbocycles. The van der Waals surface area contributed by atoms with Gasteiger partial charge in [-0.1, -0.05) is 175 Å². The summed E-state index contributed by atoms with van der Waals surface area (Å²) in [5.74, 6) is 0.406. The minimum absolute atomic E-state index is 0.00512. The highest BCUT2D eigenvalue weighted by Gasteiger charge is 2.21. The number of carbonyl (C=O) groups excluding carboxylic acids is 2. The van der Waals surface area contributed by atoms with Crippen molar-refractivity contribution in [2.45, 2.75) is 207 Å². The Balaban J connectivity index is 3.77. The van der Waals surface area contributed by atoms with Crippen LogP contribution in [0.4, 0.5) is 0 Å². The molecule has 0 saturated heterocycles. The monoisotopic (exact) mass is 565 g/mol. The SMILES string of the molecule is CCCCCCCCCCCCCCCCCC(=O)N[C@@H](CC(C)C)C(=O)NCCCCCCCCCCCC. The summed E-state index contributed by atoms with van der Waals surface area (Å²) in [7, 11) is 0. The van der Waals surface area contributed by atoms with Gasteiger partial charge in [0.1, 0.15) is 6.04 Å². The normalized spacial score (nSPS) is 12.1. The lowest BCUT2D eigenvalue weighted by molar-refractivity contribution is -0.129. The molecular formula is C36H72N2O2. The van der Waals surface area contributed by atoms with Crippen molar-refractivity contribution in [3.8, 4) is 0 Å². The zero-order valence-corrected chi connectivity index (χ0v) is 27.8. The Bertz CT molecular complexity index is 549. The largest absolute Gasteiger partial charge is 0.354 e. The molecule has 0 aromatic heterocycles. The first-order chi connectivity index (χ1) is 19.5. The molecule has 238 valence electrons. The van der Waals surface area contributed by atoms with Gasteiger partial charge in [0.15, 0.2) is 0 Å². The third-order valence-corrected chi connectivity index (χ3v) is 8.20. The molecule has 0 bridgehead atoms. The van der Waals surface area contributed by atoms with E-state index in [1.807, 2.05) is 0 Å². The number of rotatable bonds is 31. The number of hydrogen-bond acceptors (Lipinski definition) is 2. The van der Waals surface area contributed by atoms with Crippen LogP contribution in [-0.2, 0) is 9.59 Å². The number of amides is 2. The first-order valence-corrected chi connectivity index (χ1v) is 18.1. The van der Waals surface area contributed by atoms with Crippen molar-refractivity contribution in [3.63, 3.8) is 0 Å². The van der Waals surface area contributed by atoms with E-state index in [-0.39, 0.29) is 11.8 Å². The van der Waals surface area contributed by atoms with Crippen LogP contribution in [0.15, 0.2) is 0 Å². The molecule has 0 aromatic carbocycles. The molecule has 40 heavy (non-hydrogen) atoms. The smallest absolute Gasteiger partial charge is 0.242 e. The second-order valence-corrected chi connectivity index (χ2v) is 12.9. The Kier molecular flexibility index (Phi) is 30.1. The Morgan fingerprint density at radius 3 is 1.23 bits per heavy atom. The van der Waals surface area contributed by atoms with E-state index in [1.54, 1.807) is 0 Å². The van der Waals surface area contributed by atoms with E-state index in [9.17, 15) is 9.59 Å².